The summed E-state index contributed by atoms with van der Waals surface area (Å²) in [7, 11) is 3.79. The van der Waals surface area contributed by atoms with E-state index in [1.165, 1.54) is 21.1 Å². The molecule has 2 heterocycles. The van der Waals surface area contributed by atoms with Gasteiger partial charge >= 0.3 is 17.9 Å². The Balaban J connectivity index is 0.000000212. The van der Waals surface area contributed by atoms with Gasteiger partial charge in [-0.15, -0.1) is 0 Å². The highest BCUT2D eigenvalue weighted by atomic mass is 16.6. The third-order valence-corrected chi connectivity index (χ3v) is 9.99. The van der Waals surface area contributed by atoms with E-state index in [0.717, 1.165) is 53.7 Å². The largest absolute Gasteiger partial charge is 0.489 e. The Morgan fingerprint density at radius 3 is 1.67 bits per heavy atom. The lowest BCUT2D eigenvalue weighted by Gasteiger charge is -2.21. The SMILES string of the molecule is CO.COC(=O)CCCc1cccc2c1OC1CC(O)C(CO)C21.COC(=O)CCCc1cccc2c1OC1CC(OC(C)=O)C(CO)C21. The van der Waals surface area contributed by atoms with E-state index < -0.39 is 6.10 Å². The first kappa shape index (κ1) is 38.1. The molecule has 4 N–H and O–H groups in total. The predicted molar refractivity (Wildman–Crippen MR) is 177 cm³/mol. The Morgan fingerprint density at radius 1 is 0.755 bits per heavy atom. The van der Waals surface area contributed by atoms with Crippen LogP contribution in [-0.4, -0.2) is 97.3 Å². The minimum atomic E-state index is -0.504. The molecule has 0 bridgehead atoms. The molecule has 0 amide bonds. The molecule has 49 heavy (non-hydrogen) atoms. The van der Waals surface area contributed by atoms with Gasteiger partial charge in [-0.2, -0.15) is 0 Å². The van der Waals surface area contributed by atoms with Crippen LogP contribution < -0.4 is 9.47 Å². The highest BCUT2D eigenvalue weighted by Gasteiger charge is 2.52. The summed E-state index contributed by atoms with van der Waals surface area (Å²) < 4.78 is 26.9. The summed E-state index contributed by atoms with van der Waals surface area (Å²) in [5.41, 5.74) is 4.30. The van der Waals surface area contributed by atoms with Gasteiger partial charge in [0.15, 0.2) is 0 Å². The monoisotopic (exact) mass is 686 g/mol. The maximum atomic E-state index is 11.3. The van der Waals surface area contributed by atoms with Crippen LogP contribution in [0.2, 0.25) is 0 Å². The molecule has 2 aromatic rings. The minimum Gasteiger partial charge on any atom is -0.489 e. The molecule has 2 aromatic carbocycles. The van der Waals surface area contributed by atoms with Crippen molar-refractivity contribution < 1.29 is 58.5 Å². The van der Waals surface area contributed by atoms with Crippen LogP contribution >= 0.6 is 0 Å². The Labute approximate surface area is 287 Å². The normalized spacial score (nSPS) is 26.6. The highest BCUT2D eigenvalue weighted by Crippen LogP contribution is 2.53. The summed E-state index contributed by atoms with van der Waals surface area (Å²) in [4.78, 5) is 33.8. The van der Waals surface area contributed by atoms with Gasteiger partial charge in [0.2, 0.25) is 0 Å². The van der Waals surface area contributed by atoms with Crippen molar-refractivity contribution in [3.8, 4) is 11.5 Å². The van der Waals surface area contributed by atoms with Crippen molar-refractivity contribution in [1.29, 1.82) is 0 Å². The molecule has 0 radical (unpaired) electrons. The van der Waals surface area contributed by atoms with E-state index >= 15 is 0 Å². The van der Waals surface area contributed by atoms with E-state index in [9.17, 15) is 29.7 Å². The van der Waals surface area contributed by atoms with Crippen molar-refractivity contribution in [2.24, 2.45) is 11.8 Å². The zero-order chi connectivity index (χ0) is 35.7. The summed E-state index contributed by atoms with van der Waals surface area (Å²) in [5, 5.41) is 36.4. The molecule has 12 heteroatoms. The van der Waals surface area contributed by atoms with Crippen molar-refractivity contribution >= 4 is 17.9 Å². The number of benzene rings is 2. The molecule has 2 saturated carbocycles. The smallest absolute Gasteiger partial charge is 0.305 e. The number of aliphatic hydroxyl groups is 4. The number of methoxy groups -OCH3 is 2. The van der Waals surface area contributed by atoms with Crippen molar-refractivity contribution in [2.75, 3.05) is 34.5 Å². The van der Waals surface area contributed by atoms with Gasteiger partial charge in [0, 0.05) is 81.1 Å². The van der Waals surface area contributed by atoms with E-state index in [1.807, 2.05) is 36.4 Å². The van der Waals surface area contributed by atoms with Crippen LogP contribution in [0.1, 0.15) is 79.5 Å². The Kier molecular flexibility index (Phi) is 13.8. The van der Waals surface area contributed by atoms with E-state index in [1.54, 1.807) is 0 Å². The van der Waals surface area contributed by atoms with Gasteiger partial charge in [-0.05, 0) is 36.8 Å². The minimum absolute atomic E-state index is 0.0301. The number of para-hydroxylation sites is 2. The molecule has 0 saturated heterocycles. The fraction of sp³-hybridized carbons (Fsp3) is 0.595. The molecule has 8 unspecified atom stereocenters. The van der Waals surface area contributed by atoms with E-state index in [-0.39, 0.29) is 73.1 Å². The second-order valence-corrected chi connectivity index (χ2v) is 12.8. The van der Waals surface area contributed by atoms with Crippen molar-refractivity contribution in [1.82, 2.24) is 0 Å². The lowest BCUT2D eigenvalue weighted by atomic mass is 9.87. The van der Waals surface area contributed by atoms with Gasteiger partial charge in [-0.3, -0.25) is 14.4 Å². The molecule has 2 fully saturated rings. The maximum absolute atomic E-state index is 11.3. The molecule has 6 rings (SSSR count). The van der Waals surface area contributed by atoms with E-state index in [4.69, 9.17) is 19.3 Å². The summed E-state index contributed by atoms with van der Waals surface area (Å²) in [5.74, 6) is 0.788. The molecule has 12 nitrogen and oxygen atoms in total. The van der Waals surface area contributed by atoms with Crippen LogP contribution in [0, 0.1) is 11.8 Å². The number of hydrogen-bond acceptors (Lipinski definition) is 12. The average Bonchev–Trinajstić information content (AvgIpc) is 3.83. The number of aryl methyl sites for hydroxylation is 2. The highest BCUT2D eigenvalue weighted by molar-refractivity contribution is 5.69. The zero-order valence-electron chi connectivity index (χ0n) is 28.7. The molecule has 4 aliphatic rings. The van der Waals surface area contributed by atoms with Crippen LogP contribution in [0.3, 0.4) is 0 Å². The summed E-state index contributed by atoms with van der Waals surface area (Å²) in [6.45, 7) is 1.31. The number of rotatable bonds is 11. The molecule has 270 valence electrons. The van der Waals surface area contributed by atoms with Gasteiger partial charge in [0.25, 0.3) is 0 Å². The number of esters is 3. The van der Waals surface area contributed by atoms with Crippen molar-refractivity contribution in [3.05, 3.63) is 58.7 Å². The zero-order valence-corrected chi connectivity index (χ0v) is 28.7. The van der Waals surface area contributed by atoms with Crippen LogP contribution in [0.5, 0.6) is 11.5 Å². The van der Waals surface area contributed by atoms with Crippen LogP contribution in [-0.2, 0) is 41.4 Å². The van der Waals surface area contributed by atoms with Gasteiger partial charge in [-0.1, -0.05) is 36.4 Å². The number of hydrogen-bond donors (Lipinski definition) is 4. The lowest BCUT2D eigenvalue weighted by molar-refractivity contribution is -0.149. The number of fused-ring (bicyclic) bond motifs is 6. The first-order valence-electron chi connectivity index (χ1n) is 16.9. The van der Waals surface area contributed by atoms with Gasteiger partial charge < -0.3 is 44.1 Å². The van der Waals surface area contributed by atoms with Crippen LogP contribution in [0.15, 0.2) is 36.4 Å². The number of aliphatic hydroxyl groups excluding tert-OH is 4. The fourth-order valence-electron chi connectivity index (χ4n) is 7.82. The Bertz CT molecular complexity index is 1430. The second kappa shape index (κ2) is 17.8. The van der Waals surface area contributed by atoms with E-state index in [0.29, 0.717) is 38.5 Å². The Morgan fingerprint density at radius 2 is 1.22 bits per heavy atom. The summed E-state index contributed by atoms with van der Waals surface area (Å²) in [6, 6.07) is 12.0. The second-order valence-electron chi connectivity index (χ2n) is 12.8. The Hall–Kier alpha value is -3.71. The van der Waals surface area contributed by atoms with Crippen LogP contribution in [0.4, 0.5) is 0 Å². The fourth-order valence-corrected chi connectivity index (χ4v) is 7.82. The molecule has 2 aliphatic heterocycles. The molecular formula is C37H50O12. The molecule has 0 spiro atoms. The maximum Gasteiger partial charge on any atom is 0.305 e. The predicted octanol–water partition coefficient (Wildman–Crippen LogP) is 2.98. The average molecular weight is 687 g/mol. The number of carbonyl (C=O) groups is 3. The summed E-state index contributed by atoms with van der Waals surface area (Å²) in [6.07, 6.45) is 3.87. The third-order valence-electron chi connectivity index (χ3n) is 9.99. The topological polar surface area (TPSA) is 178 Å². The standard InChI is InChI=1S/C19H24O6.C17H22O5.CH4O/c1-11(21)24-15-9-16-18(14(15)10-20)13-7-3-5-12(19(13)25-16)6-4-8-17(22)23-2;1-21-15(20)7-3-5-10-4-2-6-11-16-12(9-18)13(19)8-14(16)22-17(10)11;1-2/h3,5,7,14-16,18,20H,4,6,8-10H2,1-2H3;2,4,6,12-14,16,18-19H,3,5,7-9H2,1H3;2H,1H3. The van der Waals surface area contributed by atoms with E-state index in [2.05, 4.69) is 9.47 Å². The first-order chi connectivity index (χ1) is 23.7. The molecule has 2 aliphatic carbocycles. The third kappa shape index (κ3) is 8.54. The summed E-state index contributed by atoms with van der Waals surface area (Å²) >= 11 is 0. The van der Waals surface area contributed by atoms with Gasteiger partial charge in [0.1, 0.15) is 29.8 Å². The van der Waals surface area contributed by atoms with Crippen LogP contribution in [0.25, 0.3) is 0 Å². The first-order valence-corrected chi connectivity index (χ1v) is 16.9. The molecular weight excluding hydrogens is 636 g/mol. The van der Waals surface area contributed by atoms with Gasteiger partial charge in [0.05, 0.1) is 26.9 Å². The quantitative estimate of drug-likeness (QED) is 0.201. The van der Waals surface area contributed by atoms with Crippen molar-refractivity contribution in [2.45, 2.75) is 94.5 Å². The van der Waals surface area contributed by atoms with Crippen molar-refractivity contribution in [3.63, 3.8) is 0 Å². The lowest BCUT2D eigenvalue weighted by Crippen LogP contribution is -2.26. The molecule has 0 aromatic heterocycles. The number of carbonyl (C=O) groups excluding carboxylic acids is 3. The molecule has 8 atom stereocenters. The van der Waals surface area contributed by atoms with Gasteiger partial charge in [-0.25, -0.2) is 0 Å². The number of ether oxygens (including phenoxy) is 5.